The van der Waals surface area contributed by atoms with E-state index in [0.717, 1.165) is 27.4 Å². The molecule has 8 heteroatoms. The minimum atomic E-state index is -4.05. The zero-order chi connectivity index (χ0) is 27.0. The summed E-state index contributed by atoms with van der Waals surface area (Å²) < 4.78 is 28.5. The van der Waals surface area contributed by atoms with E-state index in [2.05, 4.69) is 5.32 Å². The van der Waals surface area contributed by atoms with E-state index >= 15 is 0 Å². The molecule has 0 fully saturated rings. The maximum atomic E-state index is 13.8. The molecular weight excluding hydrogens is 486 g/mol. The molecular formula is C29H35N3O4S. The molecule has 0 bridgehead atoms. The third-order valence-electron chi connectivity index (χ3n) is 6.08. The van der Waals surface area contributed by atoms with Gasteiger partial charge in [0.25, 0.3) is 10.0 Å². The van der Waals surface area contributed by atoms with Gasteiger partial charge in [0, 0.05) is 13.1 Å². The fraction of sp³-hybridized carbons (Fsp3) is 0.310. The van der Waals surface area contributed by atoms with Gasteiger partial charge < -0.3 is 10.2 Å². The maximum absolute atomic E-state index is 13.8. The van der Waals surface area contributed by atoms with Gasteiger partial charge in [0.2, 0.25) is 11.8 Å². The molecule has 0 aromatic heterocycles. The number of rotatable bonds is 11. The second-order valence-electron chi connectivity index (χ2n) is 9.14. The number of hydrogen-bond donors (Lipinski definition) is 1. The van der Waals surface area contributed by atoms with Crippen molar-refractivity contribution in [2.75, 3.05) is 17.4 Å². The van der Waals surface area contributed by atoms with Gasteiger partial charge in [0.05, 0.1) is 10.6 Å². The molecule has 0 aliphatic heterocycles. The second kappa shape index (κ2) is 12.5. The van der Waals surface area contributed by atoms with Crippen LogP contribution in [-0.2, 0) is 26.2 Å². The smallest absolute Gasteiger partial charge is 0.264 e. The third-order valence-corrected chi connectivity index (χ3v) is 7.87. The molecule has 3 rings (SSSR count). The van der Waals surface area contributed by atoms with E-state index in [4.69, 9.17) is 0 Å². The first-order chi connectivity index (χ1) is 17.6. The maximum Gasteiger partial charge on any atom is 0.264 e. The molecule has 2 amide bonds. The van der Waals surface area contributed by atoms with Gasteiger partial charge in [-0.2, -0.15) is 0 Å². The Morgan fingerprint density at radius 1 is 0.892 bits per heavy atom. The summed E-state index contributed by atoms with van der Waals surface area (Å²) in [6.45, 7) is 7.71. The van der Waals surface area contributed by atoms with Crippen LogP contribution in [0.15, 0.2) is 83.8 Å². The largest absolute Gasteiger partial charge is 0.354 e. The lowest BCUT2D eigenvalue weighted by Crippen LogP contribution is -2.51. The summed E-state index contributed by atoms with van der Waals surface area (Å²) in [7, 11) is -4.05. The SMILES string of the molecule is CCCNC(=O)C(C)N(Cc1cccc(C)c1)C(=O)CN(c1ccc(C)cc1)S(=O)(=O)c1ccccc1. The summed E-state index contributed by atoms with van der Waals surface area (Å²) in [5.41, 5.74) is 3.23. The van der Waals surface area contributed by atoms with E-state index in [1.54, 1.807) is 49.4 Å². The molecule has 1 atom stereocenters. The number of anilines is 1. The molecule has 0 spiro atoms. The van der Waals surface area contributed by atoms with Crippen molar-refractivity contribution in [2.24, 2.45) is 0 Å². The zero-order valence-corrected chi connectivity index (χ0v) is 22.7. The van der Waals surface area contributed by atoms with Crippen molar-refractivity contribution in [1.29, 1.82) is 0 Å². The minimum absolute atomic E-state index is 0.0855. The van der Waals surface area contributed by atoms with Crippen LogP contribution in [0, 0.1) is 13.8 Å². The third kappa shape index (κ3) is 7.20. The van der Waals surface area contributed by atoms with Crippen LogP contribution in [-0.4, -0.2) is 44.3 Å². The van der Waals surface area contributed by atoms with E-state index in [1.807, 2.05) is 45.0 Å². The Bertz CT molecular complexity index is 1310. The number of sulfonamides is 1. The highest BCUT2D eigenvalue weighted by Crippen LogP contribution is 2.25. The molecule has 196 valence electrons. The Morgan fingerprint density at radius 3 is 2.19 bits per heavy atom. The van der Waals surface area contributed by atoms with Crippen molar-refractivity contribution in [1.82, 2.24) is 10.2 Å². The lowest BCUT2D eigenvalue weighted by Gasteiger charge is -2.32. The topological polar surface area (TPSA) is 86.8 Å². The number of nitrogens with zero attached hydrogens (tertiary/aromatic N) is 2. The van der Waals surface area contributed by atoms with Gasteiger partial charge in [0.15, 0.2) is 0 Å². The molecule has 0 heterocycles. The lowest BCUT2D eigenvalue weighted by molar-refractivity contribution is -0.139. The number of carbonyl (C=O) groups excluding carboxylic acids is 2. The average molecular weight is 522 g/mol. The number of amides is 2. The van der Waals surface area contributed by atoms with Crippen LogP contribution >= 0.6 is 0 Å². The average Bonchev–Trinajstić information content (AvgIpc) is 2.89. The Hall–Kier alpha value is -3.65. The van der Waals surface area contributed by atoms with Crippen molar-refractivity contribution in [3.05, 3.63) is 95.6 Å². The van der Waals surface area contributed by atoms with Crippen molar-refractivity contribution in [2.45, 2.75) is 51.6 Å². The molecule has 0 aliphatic carbocycles. The minimum Gasteiger partial charge on any atom is -0.354 e. The summed E-state index contributed by atoms with van der Waals surface area (Å²) in [5, 5.41) is 2.85. The number of benzene rings is 3. The molecule has 0 aliphatic rings. The molecule has 37 heavy (non-hydrogen) atoms. The Labute approximate surface area is 220 Å². The van der Waals surface area contributed by atoms with Crippen LogP contribution in [0.3, 0.4) is 0 Å². The Balaban J connectivity index is 2.00. The highest BCUT2D eigenvalue weighted by atomic mass is 32.2. The molecule has 7 nitrogen and oxygen atoms in total. The molecule has 0 saturated heterocycles. The van der Waals surface area contributed by atoms with Crippen LogP contribution in [0.1, 0.15) is 37.0 Å². The normalized spacial score (nSPS) is 12.0. The fourth-order valence-electron chi connectivity index (χ4n) is 3.95. The van der Waals surface area contributed by atoms with E-state index in [0.29, 0.717) is 12.2 Å². The standard InChI is InChI=1S/C29H35N3O4S/c1-5-18-30-29(34)24(4)31(20-25-11-9-10-23(3)19-25)28(33)21-32(26-16-14-22(2)15-17-26)37(35,36)27-12-7-6-8-13-27/h6-17,19,24H,5,18,20-21H2,1-4H3,(H,30,34). The predicted molar refractivity (Wildman–Crippen MR) is 147 cm³/mol. The lowest BCUT2D eigenvalue weighted by atomic mass is 10.1. The molecule has 0 radical (unpaired) electrons. The van der Waals surface area contributed by atoms with E-state index in [9.17, 15) is 18.0 Å². The first-order valence-corrected chi connectivity index (χ1v) is 13.8. The van der Waals surface area contributed by atoms with E-state index in [-0.39, 0.29) is 17.3 Å². The monoisotopic (exact) mass is 521 g/mol. The Kier molecular flexibility index (Phi) is 9.47. The molecule has 3 aromatic carbocycles. The van der Waals surface area contributed by atoms with E-state index in [1.165, 1.54) is 17.0 Å². The van der Waals surface area contributed by atoms with Crippen LogP contribution in [0.25, 0.3) is 0 Å². The number of aryl methyl sites for hydroxylation is 2. The van der Waals surface area contributed by atoms with Gasteiger partial charge >= 0.3 is 0 Å². The van der Waals surface area contributed by atoms with Crippen LogP contribution in [0.5, 0.6) is 0 Å². The van der Waals surface area contributed by atoms with Gasteiger partial charge in [-0.3, -0.25) is 13.9 Å². The summed E-state index contributed by atoms with van der Waals surface area (Å²) in [6, 6.07) is 21.9. The number of hydrogen-bond acceptors (Lipinski definition) is 4. The predicted octanol–water partition coefficient (Wildman–Crippen LogP) is 4.44. The van der Waals surface area contributed by atoms with Crippen LogP contribution < -0.4 is 9.62 Å². The van der Waals surface area contributed by atoms with Crippen LogP contribution in [0.2, 0.25) is 0 Å². The van der Waals surface area contributed by atoms with Gasteiger partial charge in [-0.1, -0.05) is 72.6 Å². The van der Waals surface area contributed by atoms with Crippen molar-refractivity contribution in [3.8, 4) is 0 Å². The number of carbonyl (C=O) groups is 2. The van der Waals surface area contributed by atoms with Gasteiger partial charge in [-0.05, 0) is 57.0 Å². The van der Waals surface area contributed by atoms with Crippen LogP contribution in [0.4, 0.5) is 5.69 Å². The van der Waals surface area contributed by atoms with Gasteiger partial charge in [0.1, 0.15) is 12.6 Å². The first-order valence-electron chi connectivity index (χ1n) is 12.4. The summed E-state index contributed by atoms with van der Waals surface area (Å²) in [5.74, 6) is -0.753. The Morgan fingerprint density at radius 2 is 1.57 bits per heavy atom. The fourth-order valence-corrected chi connectivity index (χ4v) is 5.38. The molecule has 0 saturated carbocycles. The second-order valence-corrected chi connectivity index (χ2v) is 11.0. The van der Waals surface area contributed by atoms with Gasteiger partial charge in [-0.25, -0.2) is 8.42 Å². The van der Waals surface area contributed by atoms with Crippen molar-refractivity contribution in [3.63, 3.8) is 0 Å². The molecule has 3 aromatic rings. The summed E-state index contributed by atoms with van der Waals surface area (Å²) in [4.78, 5) is 28.2. The zero-order valence-electron chi connectivity index (χ0n) is 21.8. The summed E-state index contributed by atoms with van der Waals surface area (Å²) >= 11 is 0. The highest BCUT2D eigenvalue weighted by Gasteiger charge is 2.32. The van der Waals surface area contributed by atoms with Crippen molar-refractivity contribution < 1.29 is 18.0 Å². The van der Waals surface area contributed by atoms with E-state index < -0.39 is 28.5 Å². The number of nitrogens with one attached hydrogen (secondary N) is 1. The quantitative estimate of drug-likeness (QED) is 0.404. The van der Waals surface area contributed by atoms with Gasteiger partial charge in [-0.15, -0.1) is 0 Å². The summed E-state index contributed by atoms with van der Waals surface area (Å²) in [6.07, 6.45) is 0.765. The first kappa shape index (κ1) is 27.9. The molecule has 1 N–H and O–H groups in total. The highest BCUT2D eigenvalue weighted by molar-refractivity contribution is 7.92. The van der Waals surface area contributed by atoms with Crippen molar-refractivity contribution >= 4 is 27.5 Å². The molecule has 1 unspecified atom stereocenters.